The molecule has 0 saturated heterocycles. The summed E-state index contributed by atoms with van der Waals surface area (Å²) in [6.07, 6.45) is 6.71. The van der Waals surface area contributed by atoms with Crippen molar-refractivity contribution in [3.63, 3.8) is 0 Å². The van der Waals surface area contributed by atoms with Crippen LogP contribution in [0.4, 0.5) is 0 Å². The highest BCUT2D eigenvalue weighted by Gasteiger charge is 2.11. The van der Waals surface area contributed by atoms with Gasteiger partial charge in [0.15, 0.2) is 11.5 Å². The van der Waals surface area contributed by atoms with E-state index in [2.05, 4.69) is 48.3 Å². The van der Waals surface area contributed by atoms with E-state index in [1.54, 1.807) is 30.3 Å². The second kappa shape index (κ2) is 9.25. The first kappa shape index (κ1) is 19.0. The first-order valence-corrected chi connectivity index (χ1v) is 8.67. The quantitative estimate of drug-likeness (QED) is 0.398. The van der Waals surface area contributed by atoms with E-state index >= 15 is 0 Å². The molecule has 0 fully saturated rings. The Labute approximate surface area is 162 Å². The molecular weight excluding hydrogens is 452 g/mol. The van der Waals surface area contributed by atoms with Gasteiger partial charge in [-0.2, -0.15) is 5.10 Å². The zero-order valence-corrected chi connectivity index (χ0v) is 16.4. The summed E-state index contributed by atoms with van der Waals surface area (Å²) in [6, 6.07) is 10.6. The Bertz CT molecular complexity index is 845. The van der Waals surface area contributed by atoms with Crippen LogP contribution in [0.1, 0.15) is 15.9 Å². The molecule has 2 aromatic rings. The summed E-state index contributed by atoms with van der Waals surface area (Å²) in [5, 5.41) is 3.97. The third-order valence-corrected chi connectivity index (χ3v) is 4.33. The van der Waals surface area contributed by atoms with Crippen molar-refractivity contribution in [1.82, 2.24) is 5.43 Å². The monoisotopic (exact) mass is 464 g/mol. The molecule has 1 amide bonds. The smallest absolute Gasteiger partial charge is 0.272 e. The zero-order chi connectivity index (χ0) is 18.2. The molecule has 0 unspecified atom stereocenters. The van der Waals surface area contributed by atoms with Crippen molar-refractivity contribution in [1.29, 1.82) is 0 Å². The lowest BCUT2D eigenvalue weighted by molar-refractivity contribution is 0.0954. The molecule has 0 aromatic heterocycles. The van der Waals surface area contributed by atoms with Gasteiger partial charge in [0, 0.05) is 4.47 Å². The Morgan fingerprint density at radius 2 is 2.08 bits per heavy atom. The van der Waals surface area contributed by atoms with Crippen LogP contribution in [-0.2, 0) is 0 Å². The summed E-state index contributed by atoms with van der Waals surface area (Å²) in [5.41, 5.74) is 3.69. The van der Waals surface area contributed by atoms with Crippen LogP contribution < -0.4 is 14.9 Å². The fraction of sp³-hybridized carbons (Fsp3) is 0.111. The van der Waals surface area contributed by atoms with E-state index in [0.717, 1.165) is 0 Å². The fourth-order valence-corrected chi connectivity index (χ4v) is 2.98. The zero-order valence-electron chi connectivity index (χ0n) is 13.3. The number of hydrogen-bond donors (Lipinski definition) is 1. The molecule has 0 spiro atoms. The lowest BCUT2D eigenvalue weighted by atomic mass is 10.2. The second-order valence-corrected chi connectivity index (χ2v) is 6.41. The number of rotatable bonds is 6. The van der Waals surface area contributed by atoms with Gasteiger partial charge < -0.3 is 9.47 Å². The number of benzene rings is 2. The van der Waals surface area contributed by atoms with Crippen molar-refractivity contribution >= 4 is 44.0 Å². The predicted molar refractivity (Wildman–Crippen MR) is 104 cm³/mol. The molecule has 0 heterocycles. The van der Waals surface area contributed by atoms with Crippen LogP contribution in [0.3, 0.4) is 0 Å². The molecule has 2 aromatic carbocycles. The van der Waals surface area contributed by atoms with E-state index in [9.17, 15) is 4.79 Å². The van der Waals surface area contributed by atoms with E-state index in [1.807, 2.05) is 6.07 Å². The molecule has 0 bridgehead atoms. The Morgan fingerprint density at radius 1 is 1.32 bits per heavy atom. The summed E-state index contributed by atoms with van der Waals surface area (Å²) in [6.45, 7) is 0.129. The van der Waals surface area contributed by atoms with Crippen LogP contribution in [0.25, 0.3) is 0 Å². The number of nitrogens with zero attached hydrogens (tertiary/aromatic N) is 1. The Kier molecular flexibility index (Phi) is 7.04. The highest BCUT2D eigenvalue weighted by molar-refractivity contribution is 9.10. The Morgan fingerprint density at radius 3 is 2.76 bits per heavy atom. The third kappa shape index (κ3) is 5.08. The van der Waals surface area contributed by atoms with Gasteiger partial charge in [0.25, 0.3) is 5.91 Å². The molecule has 0 saturated carbocycles. The van der Waals surface area contributed by atoms with E-state index in [-0.39, 0.29) is 12.5 Å². The van der Waals surface area contributed by atoms with Crippen LogP contribution in [0.5, 0.6) is 11.5 Å². The first-order valence-electron chi connectivity index (χ1n) is 7.08. The van der Waals surface area contributed by atoms with Crippen LogP contribution in [0.15, 0.2) is 50.4 Å². The van der Waals surface area contributed by atoms with Crippen LogP contribution in [0.2, 0.25) is 0 Å². The number of carbonyl (C=O) groups excluding carboxylic acids is 1. The molecular formula is C18H14Br2N2O3. The van der Waals surface area contributed by atoms with Crippen molar-refractivity contribution in [3.05, 3.63) is 56.5 Å². The largest absolute Gasteiger partial charge is 0.493 e. The van der Waals surface area contributed by atoms with Gasteiger partial charge in [0.2, 0.25) is 0 Å². The topological polar surface area (TPSA) is 59.9 Å². The Balaban J connectivity index is 2.13. The molecule has 5 nitrogen and oxygen atoms in total. The summed E-state index contributed by atoms with van der Waals surface area (Å²) in [7, 11) is 1.53. The molecule has 25 heavy (non-hydrogen) atoms. The number of nitrogens with one attached hydrogen (secondary N) is 1. The van der Waals surface area contributed by atoms with Gasteiger partial charge in [0.05, 0.1) is 23.4 Å². The van der Waals surface area contributed by atoms with E-state index in [4.69, 9.17) is 15.9 Å². The Hall–Kier alpha value is -2.30. The molecule has 0 aliphatic heterocycles. The molecule has 0 aliphatic carbocycles. The van der Waals surface area contributed by atoms with Crippen molar-refractivity contribution in [2.45, 2.75) is 0 Å². The summed E-state index contributed by atoms with van der Waals surface area (Å²) >= 11 is 6.73. The second-order valence-electron chi connectivity index (χ2n) is 4.71. The van der Waals surface area contributed by atoms with Gasteiger partial charge in [-0.3, -0.25) is 4.79 Å². The maximum absolute atomic E-state index is 12.1. The lowest BCUT2D eigenvalue weighted by Crippen LogP contribution is -2.18. The van der Waals surface area contributed by atoms with Crippen LogP contribution in [-0.4, -0.2) is 25.8 Å². The molecule has 1 N–H and O–H groups in total. The van der Waals surface area contributed by atoms with Gasteiger partial charge in [-0.05, 0) is 61.7 Å². The van der Waals surface area contributed by atoms with Gasteiger partial charge >= 0.3 is 0 Å². The highest BCUT2D eigenvalue weighted by Crippen LogP contribution is 2.36. The number of carbonyl (C=O) groups is 1. The molecule has 0 radical (unpaired) electrons. The number of hydrogen-bond acceptors (Lipinski definition) is 4. The number of terminal acetylenes is 1. The fourth-order valence-electron chi connectivity index (χ4n) is 1.94. The SMILES string of the molecule is C#CCOc1c(Br)cc(/C=N\NC(=O)c2ccccc2Br)cc1OC. The standard InChI is InChI=1S/C18H14Br2N2O3/c1-3-8-25-17-15(20)9-12(10-16(17)24-2)11-21-22-18(23)13-6-4-5-7-14(13)19/h1,4-7,9-11H,8H2,2H3,(H,22,23)/b21-11-. The molecule has 7 heteroatoms. The van der Waals surface area contributed by atoms with Crippen molar-refractivity contribution in [2.24, 2.45) is 5.10 Å². The molecule has 2 rings (SSSR count). The average Bonchev–Trinajstić information content (AvgIpc) is 2.60. The minimum absolute atomic E-state index is 0.129. The summed E-state index contributed by atoms with van der Waals surface area (Å²) < 4.78 is 12.1. The number of methoxy groups -OCH3 is 1. The van der Waals surface area contributed by atoms with Crippen molar-refractivity contribution in [2.75, 3.05) is 13.7 Å². The van der Waals surface area contributed by atoms with Gasteiger partial charge in [-0.1, -0.05) is 18.1 Å². The van der Waals surface area contributed by atoms with Gasteiger partial charge in [-0.15, -0.1) is 6.42 Å². The highest BCUT2D eigenvalue weighted by atomic mass is 79.9. The number of hydrazone groups is 1. The average molecular weight is 466 g/mol. The number of amides is 1. The minimum atomic E-state index is -0.316. The molecule has 0 atom stereocenters. The van der Waals surface area contributed by atoms with Gasteiger partial charge in [0.1, 0.15) is 6.61 Å². The summed E-state index contributed by atoms with van der Waals surface area (Å²) in [4.78, 5) is 12.1. The van der Waals surface area contributed by atoms with E-state index < -0.39 is 0 Å². The normalized spacial score (nSPS) is 10.3. The van der Waals surface area contributed by atoms with Crippen LogP contribution in [0, 0.1) is 12.3 Å². The minimum Gasteiger partial charge on any atom is -0.493 e. The maximum Gasteiger partial charge on any atom is 0.272 e. The number of ether oxygens (including phenoxy) is 2. The van der Waals surface area contributed by atoms with E-state index in [0.29, 0.717) is 31.6 Å². The van der Waals surface area contributed by atoms with Gasteiger partial charge in [-0.25, -0.2) is 5.43 Å². The van der Waals surface area contributed by atoms with E-state index in [1.165, 1.54) is 13.3 Å². The molecule has 128 valence electrons. The van der Waals surface area contributed by atoms with Crippen molar-refractivity contribution < 1.29 is 14.3 Å². The third-order valence-electron chi connectivity index (χ3n) is 3.05. The lowest BCUT2D eigenvalue weighted by Gasteiger charge is -2.11. The predicted octanol–water partition coefficient (Wildman–Crippen LogP) is 4.00. The summed E-state index contributed by atoms with van der Waals surface area (Å²) in [5.74, 6) is 3.10. The molecule has 0 aliphatic rings. The number of halogens is 2. The first-order chi connectivity index (χ1) is 12.1. The maximum atomic E-state index is 12.1. The van der Waals surface area contributed by atoms with Crippen LogP contribution >= 0.6 is 31.9 Å². The van der Waals surface area contributed by atoms with Crippen molar-refractivity contribution in [3.8, 4) is 23.8 Å².